The minimum absolute atomic E-state index is 0.0587. The molecular formula is C12H25NO2. The van der Waals surface area contributed by atoms with Crippen LogP contribution in [0.25, 0.3) is 0 Å². The minimum atomic E-state index is -0.355. The van der Waals surface area contributed by atoms with Gasteiger partial charge in [0, 0.05) is 24.0 Å². The van der Waals surface area contributed by atoms with Crippen LogP contribution in [0.4, 0.5) is 0 Å². The molecule has 0 spiro atoms. The van der Waals surface area contributed by atoms with E-state index in [4.69, 9.17) is 0 Å². The lowest BCUT2D eigenvalue weighted by Crippen LogP contribution is -2.45. The number of nitrogens with zero attached hydrogens (tertiary/aromatic N) is 1. The van der Waals surface area contributed by atoms with Crippen molar-refractivity contribution in [3.63, 3.8) is 0 Å². The Morgan fingerprint density at radius 1 is 1.27 bits per heavy atom. The molecule has 2 atom stereocenters. The van der Waals surface area contributed by atoms with Gasteiger partial charge in [-0.25, -0.2) is 0 Å². The number of aliphatic hydroxyl groups is 2. The molecule has 0 aromatic carbocycles. The van der Waals surface area contributed by atoms with Crippen molar-refractivity contribution in [1.29, 1.82) is 0 Å². The van der Waals surface area contributed by atoms with E-state index in [0.717, 1.165) is 13.0 Å². The van der Waals surface area contributed by atoms with Crippen molar-refractivity contribution in [2.45, 2.75) is 52.1 Å². The van der Waals surface area contributed by atoms with Crippen LogP contribution in [0, 0.1) is 5.41 Å². The summed E-state index contributed by atoms with van der Waals surface area (Å²) in [6.07, 6.45) is 3.66. The second kappa shape index (κ2) is 5.28. The molecule has 2 N–H and O–H groups in total. The van der Waals surface area contributed by atoms with E-state index >= 15 is 0 Å². The van der Waals surface area contributed by atoms with E-state index in [2.05, 4.69) is 18.7 Å². The van der Waals surface area contributed by atoms with Crippen LogP contribution in [0.15, 0.2) is 0 Å². The van der Waals surface area contributed by atoms with E-state index in [1.54, 1.807) is 0 Å². The third kappa shape index (κ3) is 2.92. The van der Waals surface area contributed by atoms with Crippen LogP contribution >= 0.6 is 0 Å². The summed E-state index contributed by atoms with van der Waals surface area (Å²) in [4.78, 5) is 2.45. The summed E-state index contributed by atoms with van der Waals surface area (Å²) >= 11 is 0. The second-order valence-corrected chi connectivity index (χ2v) is 5.29. The van der Waals surface area contributed by atoms with Gasteiger partial charge in [-0.3, -0.25) is 4.90 Å². The second-order valence-electron chi connectivity index (χ2n) is 5.29. The SMILES string of the molecule is CCC1CCC(C)N1CC(C)(CO)CO. The molecule has 1 aliphatic rings. The van der Waals surface area contributed by atoms with Crippen molar-refractivity contribution >= 4 is 0 Å². The molecular weight excluding hydrogens is 190 g/mol. The first-order valence-electron chi connectivity index (χ1n) is 6.03. The van der Waals surface area contributed by atoms with Gasteiger partial charge in [-0.1, -0.05) is 13.8 Å². The molecule has 0 saturated carbocycles. The zero-order valence-corrected chi connectivity index (χ0v) is 10.2. The molecule has 1 saturated heterocycles. The fraction of sp³-hybridized carbons (Fsp3) is 1.00. The quantitative estimate of drug-likeness (QED) is 0.725. The van der Waals surface area contributed by atoms with Gasteiger partial charge in [-0.2, -0.15) is 0 Å². The molecule has 1 rings (SSSR count). The zero-order valence-electron chi connectivity index (χ0n) is 10.2. The number of likely N-dealkylation sites (tertiary alicyclic amines) is 1. The highest BCUT2D eigenvalue weighted by Gasteiger charge is 2.35. The molecule has 3 nitrogen and oxygen atoms in total. The Kier molecular flexibility index (Phi) is 4.56. The van der Waals surface area contributed by atoms with Gasteiger partial charge in [0.05, 0.1) is 13.2 Å². The van der Waals surface area contributed by atoms with Gasteiger partial charge in [0.15, 0.2) is 0 Å². The lowest BCUT2D eigenvalue weighted by atomic mass is 9.91. The zero-order chi connectivity index (χ0) is 11.5. The summed E-state index contributed by atoms with van der Waals surface area (Å²) in [6, 6.07) is 1.23. The Bertz CT molecular complexity index is 192. The highest BCUT2D eigenvalue weighted by molar-refractivity contribution is 4.88. The van der Waals surface area contributed by atoms with Crippen molar-refractivity contribution in [1.82, 2.24) is 4.90 Å². The number of aliphatic hydroxyl groups excluding tert-OH is 2. The highest BCUT2D eigenvalue weighted by Crippen LogP contribution is 2.29. The van der Waals surface area contributed by atoms with Crippen molar-refractivity contribution < 1.29 is 10.2 Å². The number of hydrogen-bond acceptors (Lipinski definition) is 3. The Hall–Kier alpha value is -0.120. The Labute approximate surface area is 93.1 Å². The van der Waals surface area contributed by atoms with E-state index in [1.165, 1.54) is 12.8 Å². The number of rotatable bonds is 5. The summed E-state index contributed by atoms with van der Waals surface area (Å²) in [5.74, 6) is 0. The first-order chi connectivity index (χ1) is 7.06. The Morgan fingerprint density at radius 3 is 2.33 bits per heavy atom. The molecule has 0 aromatic rings. The van der Waals surface area contributed by atoms with Gasteiger partial charge in [-0.15, -0.1) is 0 Å². The average molecular weight is 215 g/mol. The van der Waals surface area contributed by atoms with E-state index < -0.39 is 0 Å². The van der Waals surface area contributed by atoms with Crippen LogP contribution in [0.3, 0.4) is 0 Å². The highest BCUT2D eigenvalue weighted by atomic mass is 16.3. The summed E-state index contributed by atoms with van der Waals surface area (Å²) in [6.45, 7) is 7.33. The molecule has 0 aliphatic carbocycles. The molecule has 2 unspecified atom stereocenters. The normalized spacial score (nSPS) is 28.6. The lowest BCUT2D eigenvalue weighted by molar-refractivity contribution is 0.0210. The van der Waals surface area contributed by atoms with Gasteiger partial charge in [0.2, 0.25) is 0 Å². The summed E-state index contributed by atoms with van der Waals surface area (Å²) in [5, 5.41) is 18.6. The molecule has 90 valence electrons. The standard InChI is InChI=1S/C12H25NO2/c1-4-11-6-5-10(2)13(11)7-12(3,8-14)9-15/h10-11,14-15H,4-9H2,1-3H3. The summed E-state index contributed by atoms with van der Waals surface area (Å²) in [7, 11) is 0. The maximum atomic E-state index is 9.30. The predicted molar refractivity (Wildman–Crippen MR) is 61.8 cm³/mol. The molecule has 3 heteroatoms. The van der Waals surface area contributed by atoms with Crippen LogP contribution in [0.5, 0.6) is 0 Å². The van der Waals surface area contributed by atoms with E-state index in [1.807, 2.05) is 6.92 Å². The van der Waals surface area contributed by atoms with Gasteiger partial charge in [0.1, 0.15) is 0 Å². The van der Waals surface area contributed by atoms with Crippen LogP contribution in [0.2, 0.25) is 0 Å². The Balaban J connectivity index is 2.61. The van der Waals surface area contributed by atoms with Gasteiger partial charge in [-0.05, 0) is 26.2 Å². The van der Waals surface area contributed by atoms with Crippen molar-refractivity contribution in [3.8, 4) is 0 Å². The predicted octanol–water partition coefficient (Wildman–Crippen LogP) is 1.24. The largest absolute Gasteiger partial charge is 0.396 e. The molecule has 1 fully saturated rings. The molecule has 0 aromatic heterocycles. The molecule has 0 bridgehead atoms. The third-order valence-corrected chi connectivity index (χ3v) is 3.75. The maximum Gasteiger partial charge on any atom is 0.0519 e. The molecule has 1 aliphatic heterocycles. The Morgan fingerprint density at radius 2 is 1.87 bits per heavy atom. The smallest absolute Gasteiger partial charge is 0.0519 e. The van der Waals surface area contributed by atoms with E-state index in [9.17, 15) is 10.2 Å². The van der Waals surface area contributed by atoms with Crippen molar-refractivity contribution in [3.05, 3.63) is 0 Å². The van der Waals surface area contributed by atoms with Crippen LogP contribution in [0.1, 0.15) is 40.0 Å². The lowest BCUT2D eigenvalue weighted by Gasteiger charge is -2.36. The number of hydrogen-bond donors (Lipinski definition) is 2. The molecule has 0 amide bonds. The summed E-state index contributed by atoms with van der Waals surface area (Å²) in [5.41, 5.74) is -0.355. The first-order valence-corrected chi connectivity index (χ1v) is 6.03. The van der Waals surface area contributed by atoms with Gasteiger partial charge >= 0.3 is 0 Å². The van der Waals surface area contributed by atoms with Crippen LogP contribution in [-0.2, 0) is 0 Å². The van der Waals surface area contributed by atoms with Crippen molar-refractivity contribution in [2.75, 3.05) is 19.8 Å². The van der Waals surface area contributed by atoms with E-state index in [-0.39, 0.29) is 18.6 Å². The average Bonchev–Trinajstić information content (AvgIpc) is 2.60. The maximum absolute atomic E-state index is 9.30. The molecule has 0 radical (unpaired) electrons. The van der Waals surface area contributed by atoms with Crippen molar-refractivity contribution in [2.24, 2.45) is 5.41 Å². The molecule has 1 heterocycles. The fourth-order valence-corrected chi connectivity index (χ4v) is 2.44. The summed E-state index contributed by atoms with van der Waals surface area (Å²) < 4.78 is 0. The van der Waals surface area contributed by atoms with Gasteiger partial charge in [0.25, 0.3) is 0 Å². The van der Waals surface area contributed by atoms with E-state index in [0.29, 0.717) is 12.1 Å². The topological polar surface area (TPSA) is 43.7 Å². The third-order valence-electron chi connectivity index (χ3n) is 3.75. The van der Waals surface area contributed by atoms with Gasteiger partial charge < -0.3 is 10.2 Å². The van der Waals surface area contributed by atoms with Crippen LogP contribution in [-0.4, -0.2) is 47.0 Å². The molecule has 15 heavy (non-hydrogen) atoms. The monoisotopic (exact) mass is 215 g/mol. The minimum Gasteiger partial charge on any atom is -0.396 e. The first kappa shape index (κ1) is 12.9. The van der Waals surface area contributed by atoms with Crippen LogP contribution < -0.4 is 0 Å². The fourth-order valence-electron chi connectivity index (χ4n) is 2.44.